The first kappa shape index (κ1) is 24.5. The molecule has 0 saturated carbocycles. The highest BCUT2D eigenvalue weighted by atomic mass is 32.2. The molecule has 1 aliphatic heterocycles. The third-order valence-electron chi connectivity index (χ3n) is 6.07. The predicted molar refractivity (Wildman–Crippen MR) is 148 cm³/mol. The molecule has 0 amide bonds. The van der Waals surface area contributed by atoms with Gasteiger partial charge in [0.1, 0.15) is 11.4 Å². The lowest BCUT2D eigenvalue weighted by atomic mass is 9.97. The summed E-state index contributed by atoms with van der Waals surface area (Å²) in [5.74, 6) is 0.632. The Morgan fingerprint density at radius 3 is 2.03 bits per heavy atom. The summed E-state index contributed by atoms with van der Waals surface area (Å²) < 4.78 is 11.6. The molecule has 0 fully saturated rings. The monoisotopic (exact) mass is 513 g/mol. The highest BCUT2D eigenvalue weighted by molar-refractivity contribution is 8.04. The van der Waals surface area contributed by atoms with Crippen molar-refractivity contribution in [1.29, 1.82) is 0 Å². The van der Waals surface area contributed by atoms with Gasteiger partial charge in [-0.2, -0.15) is 0 Å². The molecule has 3 nitrogen and oxygen atoms in total. The van der Waals surface area contributed by atoms with Gasteiger partial charge in [-0.1, -0.05) is 66.8 Å². The van der Waals surface area contributed by atoms with Crippen molar-refractivity contribution in [2.75, 3.05) is 6.61 Å². The van der Waals surface area contributed by atoms with Gasteiger partial charge >= 0.3 is 5.97 Å². The van der Waals surface area contributed by atoms with E-state index in [2.05, 4.69) is 91.0 Å². The summed E-state index contributed by atoms with van der Waals surface area (Å²) >= 11 is 1.76. The van der Waals surface area contributed by atoms with Crippen molar-refractivity contribution in [2.24, 2.45) is 5.92 Å². The molecule has 5 rings (SSSR count). The van der Waals surface area contributed by atoms with E-state index in [0.717, 1.165) is 4.91 Å². The molecule has 182 valence electrons. The first-order valence-electron chi connectivity index (χ1n) is 12.0. The number of allylic oxidation sites excluding steroid dienone is 4. The van der Waals surface area contributed by atoms with E-state index in [-0.39, 0.29) is 23.5 Å². The molecule has 3 aromatic carbocycles. The largest absolute Gasteiger partial charge is 0.482 e. The minimum Gasteiger partial charge on any atom is -0.482 e. The van der Waals surface area contributed by atoms with Crippen LogP contribution in [0.15, 0.2) is 135 Å². The minimum atomic E-state index is -0.687. The van der Waals surface area contributed by atoms with Crippen LogP contribution in [0.4, 0.5) is 0 Å². The second-order valence-corrected chi connectivity index (χ2v) is 12.4. The van der Waals surface area contributed by atoms with E-state index in [1.807, 2.05) is 38.1 Å². The van der Waals surface area contributed by atoms with Crippen LogP contribution in [0, 0.1) is 5.92 Å². The zero-order valence-corrected chi connectivity index (χ0v) is 22.0. The SMILES string of the molecule is CC(C)(OC(=O)COc1ccc([S+](c2ccccc2)c2ccccc2)cc1)C1=CC2C=CC=CC2S1. The van der Waals surface area contributed by atoms with Gasteiger partial charge in [-0.25, -0.2) is 4.79 Å². The molecule has 0 radical (unpaired) electrons. The quantitative estimate of drug-likeness (QED) is 0.235. The van der Waals surface area contributed by atoms with Crippen molar-refractivity contribution in [3.8, 4) is 5.75 Å². The van der Waals surface area contributed by atoms with Gasteiger partial charge in [0.2, 0.25) is 0 Å². The van der Waals surface area contributed by atoms with Crippen LogP contribution in [0.1, 0.15) is 13.8 Å². The van der Waals surface area contributed by atoms with Crippen LogP contribution >= 0.6 is 11.8 Å². The van der Waals surface area contributed by atoms with Gasteiger partial charge in [-0.3, -0.25) is 0 Å². The molecule has 0 N–H and O–H groups in total. The third kappa shape index (κ3) is 5.63. The first-order valence-corrected chi connectivity index (χ1v) is 14.1. The molecule has 2 unspecified atom stereocenters. The highest BCUT2D eigenvalue weighted by Gasteiger charge is 2.36. The Morgan fingerprint density at radius 2 is 1.42 bits per heavy atom. The molecular formula is C31H29O3S2+. The molecule has 2 atom stereocenters. The van der Waals surface area contributed by atoms with Gasteiger partial charge in [0.25, 0.3) is 0 Å². The Labute approximate surface area is 220 Å². The van der Waals surface area contributed by atoms with Crippen LogP contribution in [0.3, 0.4) is 0 Å². The average Bonchev–Trinajstić information content (AvgIpc) is 3.35. The molecular weight excluding hydrogens is 484 g/mol. The number of esters is 1. The van der Waals surface area contributed by atoms with Gasteiger partial charge in [-0.15, -0.1) is 11.8 Å². The molecule has 0 saturated heterocycles. The number of rotatable bonds is 8. The fourth-order valence-electron chi connectivity index (χ4n) is 4.28. The number of hydrogen-bond donors (Lipinski definition) is 0. The molecule has 0 bridgehead atoms. The van der Waals surface area contributed by atoms with Crippen LogP contribution in [0.2, 0.25) is 0 Å². The standard InChI is InChI=1S/C31H29O3S2/c1-31(2,29-21-23-11-9-10-16-28(23)35-29)34-30(32)22-33-24-17-19-27(20-18-24)36(25-12-5-3-6-13-25)26-14-7-4-8-15-26/h3-21,23,28H,22H2,1-2H3/q+1. The molecule has 3 aromatic rings. The Balaban J connectivity index is 1.22. The number of ether oxygens (including phenoxy) is 2. The van der Waals surface area contributed by atoms with E-state index in [1.165, 1.54) is 14.7 Å². The molecule has 1 heterocycles. The Morgan fingerprint density at radius 1 is 0.833 bits per heavy atom. The first-order chi connectivity index (χ1) is 17.5. The molecule has 2 aliphatic rings. The van der Waals surface area contributed by atoms with E-state index in [0.29, 0.717) is 16.9 Å². The third-order valence-corrected chi connectivity index (χ3v) is 9.92. The summed E-state index contributed by atoms with van der Waals surface area (Å²) in [4.78, 5) is 17.4. The van der Waals surface area contributed by atoms with Crippen LogP contribution in [0.5, 0.6) is 5.75 Å². The van der Waals surface area contributed by atoms with E-state index in [9.17, 15) is 4.79 Å². The maximum Gasteiger partial charge on any atom is 0.345 e. The summed E-state index contributed by atoms with van der Waals surface area (Å²) in [7, 11) is -0.219. The number of fused-ring (bicyclic) bond motifs is 1. The second kappa shape index (κ2) is 10.9. The van der Waals surface area contributed by atoms with E-state index in [4.69, 9.17) is 9.47 Å². The topological polar surface area (TPSA) is 35.5 Å². The minimum absolute atomic E-state index is 0.129. The van der Waals surface area contributed by atoms with Crippen LogP contribution < -0.4 is 4.74 Å². The van der Waals surface area contributed by atoms with Crippen molar-refractivity contribution in [2.45, 2.75) is 39.4 Å². The van der Waals surface area contributed by atoms with Crippen molar-refractivity contribution in [3.63, 3.8) is 0 Å². The van der Waals surface area contributed by atoms with Crippen LogP contribution in [-0.2, 0) is 20.4 Å². The normalized spacial score (nSPS) is 18.6. The maximum absolute atomic E-state index is 12.6. The average molecular weight is 514 g/mol. The highest BCUT2D eigenvalue weighted by Crippen LogP contribution is 2.45. The maximum atomic E-state index is 12.6. The van der Waals surface area contributed by atoms with Crippen molar-refractivity contribution < 1.29 is 14.3 Å². The van der Waals surface area contributed by atoms with E-state index < -0.39 is 5.60 Å². The number of thioether (sulfide) groups is 1. The predicted octanol–water partition coefficient (Wildman–Crippen LogP) is 7.22. The van der Waals surface area contributed by atoms with Gasteiger partial charge in [0.05, 0.1) is 10.9 Å². The summed E-state index contributed by atoms with van der Waals surface area (Å²) in [6, 6.07) is 29.0. The van der Waals surface area contributed by atoms with Crippen LogP contribution in [0.25, 0.3) is 0 Å². The Hall–Kier alpha value is -3.15. The lowest BCUT2D eigenvalue weighted by Gasteiger charge is -2.26. The fraction of sp³-hybridized carbons (Fsp3) is 0.194. The molecule has 1 aliphatic carbocycles. The zero-order chi connectivity index (χ0) is 25.0. The van der Waals surface area contributed by atoms with Gasteiger partial charge in [-0.05, 0) is 62.4 Å². The Kier molecular flexibility index (Phi) is 7.40. The summed E-state index contributed by atoms with van der Waals surface area (Å²) in [5, 5.41) is 0.383. The van der Waals surface area contributed by atoms with Crippen molar-refractivity contribution in [1.82, 2.24) is 0 Å². The van der Waals surface area contributed by atoms with Crippen LogP contribution in [-0.4, -0.2) is 23.4 Å². The van der Waals surface area contributed by atoms with Gasteiger partial charge < -0.3 is 9.47 Å². The van der Waals surface area contributed by atoms with E-state index >= 15 is 0 Å². The number of carbonyl (C=O) groups excluding carboxylic acids is 1. The summed E-state index contributed by atoms with van der Waals surface area (Å²) in [5.41, 5.74) is -0.687. The molecule has 0 aromatic heterocycles. The zero-order valence-electron chi connectivity index (χ0n) is 20.4. The Bertz CT molecular complexity index is 1240. The van der Waals surface area contributed by atoms with E-state index in [1.54, 1.807) is 11.8 Å². The summed E-state index contributed by atoms with van der Waals surface area (Å²) in [6.45, 7) is 3.76. The number of carbonyl (C=O) groups is 1. The molecule has 36 heavy (non-hydrogen) atoms. The fourth-order valence-corrected chi connectivity index (χ4v) is 7.71. The number of benzene rings is 3. The summed E-state index contributed by atoms with van der Waals surface area (Å²) in [6.07, 6.45) is 10.7. The molecule has 0 spiro atoms. The smallest absolute Gasteiger partial charge is 0.345 e. The van der Waals surface area contributed by atoms with Gasteiger partial charge in [0.15, 0.2) is 21.3 Å². The second-order valence-electron chi connectivity index (χ2n) is 9.14. The van der Waals surface area contributed by atoms with Crippen molar-refractivity contribution in [3.05, 3.63) is 120 Å². The lowest BCUT2D eigenvalue weighted by molar-refractivity contribution is -0.155. The lowest BCUT2D eigenvalue weighted by Crippen LogP contribution is -2.31. The number of hydrogen-bond acceptors (Lipinski definition) is 4. The van der Waals surface area contributed by atoms with Gasteiger partial charge in [0, 0.05) is 16.1 Å². The molecule has 5 heteroatoms. The van der Waals surface area contributed by atoms with Crippen molar-refractivity contribution >= 4 is 28.6 Å².